The molecule has 57 heavy (non-hydrogen) atoms. The zero-order valence-corrected chi connectivity index (χ0v) is 37.6. The third kappa shape index (κ3) is 44.3. The topological polar surface area (TPSA) is 78.9 Å². The Morgan fingerprint density at radius 3 is 1.07 bits per heavy atom. The van der Waals surface area contributed by atoms with E-state index in [1.165, 1.54) is 103 Å². The molecule has 330 valence electrons. The second kappa shape index (κ2) is 46.1. The SMILES string of the molecule is CCCC/C=C\CCCCCCCC(=O)OC[C@@H](COC(=O)CCCCCCC/C=C\C/C=C\CCCCC)OC(=O)CCCCCCC/C=C\CCCCCC. The van der Waals surface area contributed by atoms with Crippen molar-refractivity contribution in [3.05, 3.63) is 48.6 Å². The van der Waals surface area contributed by atoms with Crippen molar-refractivity contribution in [2.75, 3.05) is 13.2 Å². The molecular weight excluding hydrogens is 709 g/mol. The molecule has 0 aromatic rings. The van der Waals surface area contributed by atoms with Crippen molar-refractivity contribution in [1.29, 1.82) is 0 Å². The number of carbonyl (C=O) groups excluding carboxylic acids is 3. The van der Waals surface area contributed by atoms with E-state index in [4.69, 9.17) is 14.2 Å². The van der Waals surface area contributed by atoms with E-state index in [1.54, 1.807) is 0 Å². The second-order valence-electron chi connectivity index (χ2n) is 16.0. The van der Waals surface area contributed by atoms with E-state index in [-0.39, 0.29) is 31.1 Å². The highest BCUT2D eigenvalue weighted by Gasteiger charge is 2.19. The monoisotopic (exact) mass is 799 g/mol. The average molecular weight is 799 g/mol. The lowest BCUT2D eigenvalue weighted by Gasteiger charge is -2.18. The van der Waals surface area contributed by atoms with Crippen LogP contribution in [0.3, 0.4) is 0 Å². The van der Waals surface area contributed by atoms with Crippen LogP contribution in [0.5, 0.6) is 0 Å². The number of carbonyl (C=O) groups is 3. The highest BCUT2D eigenvalue weighted by molar-refractivity contribution is 5.71. The van der Waals surface area contributed by atoms with Crippen molar-refractivity contribution in [3.8, 4) is 0 Å². The lowest BCUT2D eigenvalue weighted by atomic mass is 10.1. The number of ether oxygens (including phenoxy) is 3. The van der Waals surface area contributed by atoms with E-state index >= 15 is 0 Å². The zero-order valence-electron chi connectivity index (χ0n) is 37.6. The largest absolute Gasteiger partial charge is 0.462 e. The fourth-order valence-electron chi connectivity index (χ4n) is 6.56. The quantitative estimate of drug-likeness (QED) is 0.0265. The van der Waals surface area contributed by atoms with E-state index in [0.717, 1.165) is 96.3 Å². The van der Waals surface area contributed by atoms with Gasteiger partial charge < -0.3 is 14.2 Å². The van der Waals surface area contributed by atoms with Gasteiger partial charge in [-0.15, -0.1) is 0 Å². The van der Waals surface area contributed by atoms with Crippen LogP contribution in [0.4, 0.5) is 0 Å². The highest BCUT2D eigenvalue weighted by Crippen LogP contribution is 2.13. The van der Waals surface area contributed by atoms with Gasteiger partial charge in [0.15, 0.2) is 6.10 Å². The van der Waals surface area contributed by atoms with Gasteiger partial charge in [0, 0.05) is 19.3 Å². The summed E-state index contributed by atoms with van der Waals surface area (Å²) >= 11 is 0. The van der Waals surface area contributed by atoms with Crippen molar-refractivity contribution in [2.45, 2.75) is 245 Å². The van der Waals surface area contributed by atoms with E-state index in [9.17, 15) is 14.4 Å². The molecule has 6 heteroatoms. The Morgan fingerprint density at radius 1 is 0.351 bits per heavy atom. The van der Waals surface area contributed by atoms with E-state index in [2.05, 4.69) is 69.4 Å². The van der Waals surface area contributed by atoms with Crippen molar-refractivity contribution in [3.63, 3.8) is 0 Å². The lowest BCUT2D eigenvalue weighted by Crippen LogP contribution is -2.30. The second-order valence-corrected chi connectivity index (χ2v) is 16.0. The normalized spacial score (nSPS) is 12.4. The first-order valence-electron chi connectivity index (χ1n) is 24.1. The van der Waals surface area contributed by atoms with Gasteiger partial charge in [0.05, 0.1) is 0 Å². The summed E-state index contributed by atoms with van der Waals surface area (Å²) in [4.78, 5) is 37.8. The van der Waals surface area contributed by atoms with Crippen molar-refractivity contribution >= 4 is 17.9 Å². The van der Waals surface area contributed by atoms with Gasteiger partial charge in [-0.1, -0.05) is 172 Å². The van der Waals surface area contributed by atoms with Crippen LogP contribution in [0.25, 0.3) is 0 Å². The molecule has 6 nitrogen and oxygen atoms in total. The predicted molar refractivity (Wildman–Crippen MR) is 242 cm³/mol. The fraction of sp³-hybridized carbons (Fsp3) is 0.784. The predicted octanol–water partition coefficient (Wildman–Crippen LogP) is 15.5. The Morgan fingerprint density at radius 2 is 0.649 bits per heavy atom. The number of hydrogen-bond donors (Lipinski definition) is 0. The molecule has 0 fully saturated rings. The Bertz CT molecular complexity index is 1010. The number of unbranched alkanes of at least 4 members (excludes halogenated alkanes) is 24. The molecule has 0 rings (SSSR count). The van der Waals surface area contributed by atoms with Crippen molar-refractivity contribution < 1.29 is 28.6 Å². The first kappa shape index (κ1) is 54.4. The maximum atomic E-state index is 12.7. The Balaban J connectivity index is 4.41. The summed E-state index contributed by atoms with van der Waals surface area (Å²) < 4.78 is 16.7. The smallest absolute Gasteiger partial charge is 0.306 e. The van der Waals surface area contributed by atoms with Gasteiger partial charge in [0.25, 0.3) is 0 Å². The van der Waals surface area contributed by atoms with Gasteiger partial charge in [-0.25, -0.2) is 0 Å². The van der Waals surface area contributed by atoms with Gasteiger partial charge in [-0.3, -0.25) is 14.4 Å². The summed E-state index contributed by atoms with van der Waals surface area (Å²) in [5.41, 5.74) is 0. The average Bonchev–Trinajstić information content (AvgIpc) is 3.21. The summed E-state index contributed by atoms with van der Waals surface area (Å²) in [6.45, 7) is 6.53. The lowest BCUT2D eigenvalue weighted by molar-refractivity contribution is -0.167. The molecule has 1 atom stereocenters. The fourth-order valence-corrected chi connectivity index (χ4v) is 6.56. The van der Waals surface area contributed by atoms with Gasteiger partial charge in [0.1, 0.15) is 13.2 Å². The van der Waals surface area contributed by atoms with Crippen LogP contribution >= 0.6 is 0 Å². The third-order valence-corrected chi connectivity index (χ3v) is 10.3. The summed E-state index contributed by atoms with van der Waals surface area (Å²) in [6.07, 6.45) is 53.7. The molecule has 0 aromatic heterocycles. The summed E-state index contributed by atoms with van der Waals surface area (Å²) in [7, 11) is 0. The molecule has 0 radical (unpaired) electrons. The molecule has 0 aliphatic rings. The Kier molecular flexibility index (Phi) is 43.9. The van der Waals surface area contributed by atoms with Gasteiger partial charge in [-0.05, 0) is 96.3 Å². The molecule has 0 unspecified atom stereocenters. The molecule has 0 saturated heterocycles. The molecule has 0 bridgehead atoms. The minimum Gasteiger partial charge on any atom is -0.462 e. The maximum Gasteiger partial charge on any atom is 0.306 e. The summed E-state index contributed by atoms with van der Waals surface area (Å²) in [5.74, 6) is -0.916. The number of esters is 3. The van der Waals surface area contributed by atoms with Gasteiger partial charge >= 0.3 is 17.9 Å². The van der Waals surface area contributed by atoms with Crippen LogP contribution in [0.1, 0.15) is 239 Å². The maximum absolute atomic E-state index is 12.7. The van der Waals surface area contributed by atoms with Gasteiger partial charge in [-0.2, -0.15) is 0 Å². The molecule has 0 aliphatic carbocycles. The Hall–Kier alpha value is -2.63. The first-order chi connectivity index (χ1) is 28.0. The third-order valence-electron chi connectivity index (χ3n) is 10.3. The summed E-state index contributed by atoms with van der Waals surface area (Å²) in [5, 5.41) is 0. The number of hydrogen-bond acceptors (Lipinski definition) is 6. The molecule has 0 N–H and O–H groups in total. The van der Waals surface area contributed by atoms with Crippen LogP contribution in [0.15, 0.2) is 48.6 Å². The number of allylic oxidation sites excluding steroid dienone is 8. The van der Waals surface area contributed by atoms with E-state index < -0.39 is 6.10 Å². The first-order valence-corrected chi connectivity index (χ1v) is 24.1. The Labute approximate surface area is 352 Å². The standard InChI is InChI=1S/C51H90O6/c1-4-7-10-13-16-19-22-24-25-27-29-32-35-38-41-44-50(53)56-47-48(46-55-49(52)43-40-37-34-31-28-21-18-15-12-9-6-3)57-51(54)45-42-39-36-33-30-26-23-20-17-14-11-8-5-2/h15-16,18-20,23-25,48H,4-14,17,21-22,26-47H2,1-3H3/b18-15-,19-16-,23-20-,25-24-/t48-/m0/s1. The van der Waals surface area contributed by atoms with Crippen molar-refractivity contribution in [2.24, 2.45) is 0 Å². The molecule has 0 saturated carbocycles. The molecular formula is C51H90O6. The van der Waals surface area contributed by atoms with Gasteiger partial charge in [0.2, 0.25) is 0 Å². The molecule has 0 heterocycles. The molecule has 0 aliphatic heterocycles. The highest BCUT2D eigenvalue weighted by atomic mass is 16.6. The molecule has 0 amide bonds. The van der Waals surface area contributed by atoms with Crippen LogP contribution in [-0.4, -0.2) is 37.2 Å². The summed E-state index contributed by atoms with van der Waals surface area (Å²) in [6, 6.07) is 0. The van der Waals surface area contributed by atoms with E-state index in [0.29, 0.717) is 19.3 Å². The van der Waals surface area contributed by atoms with E-state index in [1.807, 2.05) is 0 Å². The molecule has 0 aromatic carbocycles. The molecule has 0 spiro atoms. The van der Waals surface area contributed by atoms with Crippen molar-refractivity contribution in [1.82, 2.24) is 0 Å². The van der Waals surface area contributed by atoms with Crippen LogP contribution in [0, 0.1) is 0 Å². The minimum atomic E-state index is -0.783. The number of rotatable bonds is 43. The minimum absolute atomic E-state index is 0.0853. The zero-order chi connectivity index (χ0) is 41.5. The van der Waals surface area contributed by atoms with Crippen LogP contribution in [-0.2, 0) is 28.6 Å². The van der Waals surface area contributed by atoms with Crippen LogP contribution < -0.4 is 0 Å². The van der Waals surface area contributed by atoms with Crippen LogP contribution in [0.2, 0.25) is 0 Å².